The number of rotatable bonds is 4. The number of nitrogens with one attached hydrogen (secondary N) is 1. The molecule has 1 aliphatic carbocycles. The van der Waals surface area contributed by atoms with Gasteiger partial charge in [-0.05, 0) is 30.2 Å². The Hall–Kier alpha value is -1.35. The summed E-state index contributed by atoms with van der Waals surface area (Å²) in [5.41, 5.74) is 6.89. The van der Waals surface area contributed by atoms with Crippen molar-refractivity contribution in [2.75, 3.05) is 0 Å². The lowest BCUT2D eigenvalue weighted by molar-refractivity contribution is -0.123. The lowest BCUT2D eigenvalue weighted by Crippen LogP contribution is -2.42. The number of carbonyl (C=O) groups is 1. The highest BCUT2D eigenvalue weighted by molar-refractivity contribution is 5.83. The Morgan fingerprint density at radius 3 is 2.63 bits per heavy atom. The standard InChI is InChI=1S/C16H24N2O/c1-3-12-9-10-14(11(12)2)18-16(19)15(17)13-7-5-4-6-8-13/h4-8,11-12,14-15H,3,9-10,17H2,1-2H3,(H,18,19)/t11?,12?,14?,15-/m0/s1. The summed E-state index contributed by atoms with van der Waals surface area (Å²) >= 11 is 0. The third kappa shape index (κ3) is 3.16. The van der Waals surface area contributed by atoms with Gasteiger partial charge in [0, 0.05) is 6.04 Å². The van der Waals surface area contributed by atoms with Crippen molar-refractivity contribution in [1.82, 2.24) is 5.32 Å². The molecular weight excluding hydrogens is 236 g/mol. The van der Waals surface area contributed by atoms with E-state index in [1.807, 2.05) is 30.3 Å². The molecule has 104 valence electrons. The van der Waals surface area contributed by atoms with Gasteiger partial charge < -0.3 is 11.1 Å². The van der Waals surface area contributed by atoms with Crippen LogP contribution in [0.1, 0.15) is 44.7 Å². The van der Waals surface area contributed by atoms with Crippen LogP contribution in [0.3, 0.4) is 0 Å². The number of carbonyl (C=O) groups excluding carboxylic acids is 1. The lowest BCUT2D eigenvalue weighted by atomic mass is 9.93. The fourth-order valence-electron chi connectivity index (χ4n) is 3.11. The van der Waals surface area contributed by atoms with Crippen molar-refractivity contribution in [1.29, 1.82) is 0 Å². The first-order valence-electron chi connectivity index (χ1n) is 7.24. The van der Waals surface area contributed by atoms with Gasteiger partial charge in [-0.25, -0.2) is 0 Å². The molecule has 4 atom stereocenters. The Bertz CT molecular complexity index is 418. The molecule has 0 spiro atoms. The molecule has 0 bridgehead atoms. The van der Waals surface area contributed by atoms with E-state index in [-0.39, 0.29) is 11.9 Å². The van der Waals surface area contributed by atoms with Crippen LogP contribution in [0.15, 0.2) is 30.3 Å². The zero-order valence-electron chi connectivity index (χ0n) is 11.8. The first-order valence-corrected chi connectivity index (χ1v) is 7.24. The van der Waals surface area contributed by atoms with Crippen molar-refractivity contribution in [3.05, 3.63) is 35.9 Å². The van der Waals surface area contributed by atoms with Crippen molar-refractivity contribution >= 4 is 5.91 Å². The van der Waals surface area contributed by atoms with Gasteiger partial charge in [0.1, 0.15) is 6.04 Å². The third-order valence-corrected chi connectivity index (χ3v) is 4.52. The molecule has 0 radical (unpaired) electrons. The zero-order valence-corrected chi connectivity index (χ0v) is 11.8. The van der Waals surface area contributed by atoms with E-state index in [0.29, 0.717) is 5.92 Å². The smallest absolute Gasteiger partial charge is 0.241 e. The van der Waals surface area contributed by atoms with E-state index >= 15 is 0 Å². The Labute approximate surface area is 115 Å². The summed E-state index contributed by atoms with van der Waals surface area (Å²) in [6, 6.07) is 9.27. The maximum Gasteiger partial charge on any atom is 0.241 e. The summed E-state index contributed by atoms with van der Waals surface area (Å²) in [7, 11) is 0. The maximum absolute atomic E-state index is 12.2. The second kappa shape index (κ2) is 6.20. The number of hydrogen-bond donors (Lipinski definition) is 2. The summed E-state index contributed by atoms with van der Waals surface area (Å²) < 4.78 is 0. The van der Waals surface area contributed by atoms with Gasteiger partial charge >= 0.3 is 0 Å². The molecule has 1 aromatic carbocycles. The lowest BCUT2D eigenvalue weighted by Gasteiger charge is -2.23. The minimum Gasteiger partial charge on any atom is -0.351 e. The molecule has 3 nitrogen and oxygen atoms in total. The van der Waals surface area contributed by atoms with E-state index in [9.17, 15) is 4.79 Å². The van der Waals surface area contributed by atoms with Crippen LogP contribution in [0.2, 0.25) is 0 Å². The van der Waals surface area contributed by atoms with Gasteiger partial charge in [-0.3, -0.25) is 4.79 Å². The Kier molecular flexibility index (Phi) is 4.59. The molecule has 1 aliphatic rings. The molecule has 3 unspecified atom stereocenters. The van der Waals surface area contributed by atoms with Gasteiger partial charge in [-0.1, -0.05) is 50.6 Å². The molecule has 3 N–H and O–H groups in total. The highest BCUT2D eigenvalue weighted by Gasteiger charge is 2.33. The Morgan fingerprint density at radius 2 is 2.05 bits per heavy atom. The third-order valence-electron chi connectivity index (χ3n) is 4.52. The summed E-state index contributed by atoms with van der Waals surface area (Å²) in [6.45, 7) is 4.46. The molecule has 3 heteroatoms. The molecule has 0 aliphatic heterocycles. The van der Waals surface area contributed by atoms with Crippen LogP contribution in [0.5, 0.6) is 0 Å². The number of nitrogens with two attached hydrogens (primary N) is 1. The van der Waals surface area contributed by atoms with Crippen LogP contribution in [-0.4, -0.2) is 11.9 Å². The van der Waals surface area contributed by atoms with E-state index in [1.54, 1.807) is 0 Å². The molecule has 19 heavy (non-hydrogen) atoms. The van der Waals surface area contributed by atoms with Crippen LogP contribution in [0.4, 0.5) is 0 Å². The average molecular weight is 260 g/mol. The van der Waals surface area contributed by atoms with Gasteiger partial charge in [-0.2, -0.15) is 0 Å². The molecular formula is C16H24N2O. The summed E-state index contributed by atoms with van der Waals surface area (Å²) in [6.07, 6.45) is 3.48. The normalized spacial score (nSPS) is 28.1. The molecule has 1 amide bonds. The molecule has 0 heterocycles. The van der Waals surface area contributed by atoms with Crippen LogP contribution in [0.25, 0.3) is 0 Å². The number of benzene rings is 1. The average Bonchev–Trinajstić information content (AvgIpc) is 2.79. The second-order valence-electron chi connectivity index (χ2n) is 5.61. The van der Waals surface area contributed by atoms with Crippen molar-refractivity contribution in [3.63, 3.8) is 0 Å². The van der Waals surface area contributed by atoms with E-state index in [1.165, 1.54) is 12.8 Å². The van der Waals surface area contributed by atoms with Crippen molar-refractivity contribution in [2.24, 2.45) is 17.6 Å². The summed E-state index contributed by atoms with van der Waals surface area (Å²) in [4.78, 5) is 12.2. The molecule has 0 saturated heterocycles. The number of amides is 1. The monoisotopic (exact) mass is 260 g/mol. The minimum absolute atomic E-state index is 0.0557. The molecule has 1 fully saturated rings. The molecule has 1 aromatic rings. The summed E-state index contributed by atoms with van der Waals surface area (Å²) in [5, 5.41) is 3.13. The van der Waals surface area contributed by atoms with E-state index in [0.717, 1.165) is 17.9 Å². The SMILES string of the molecule is CCC1CCC(NC(=O)[C@@H](N)c2ccccc2)C1C. The van der Waals surface area contributed by atoms with Gasteiger partial charge in [0.25, 0.3) is 0 Å². The fraction of sp³-hybridized carbons (Fsp3) is 0.562. The van der Waals surface area contributed by atoms with E-state index in [2.05, 4.69) is 19.2 Å². The van der Waals surface area contributed by atoms with Crippen LogP contribution >= 0.6 is 0 Å². The van der Waals surface area contributed by atoms with Gasteiger partial charge in [0.2, 0.25) is 5.91 Å². The molecule has 2 rings (SSSR count). The predicted octanol–water partition coefficient (Wildman–Crippen LogP) is 2.63. The van der Waals surface area contributed by atoms with E-state index < -0.39 is 6.04 Å². The van der Waals surface area contributed by atoms with Crippen LogP contribution in [-0.2, 0) is 4.79 Å². The van der Waals surface area contributed by atoms with Crippen molar-refractivity contribution < 1.29 is 4.79 Å². The van der Waals surface area contributed by atoms with Gasteiger partial charge in [0.05, 0.1) is 0 Å². The minimum atomic E-state index is -0.561. The first-order chi connectivity index (χ1) is 9.13. The number of hydrogen-bond acceptors (Lipinski definition) is 2. The van der Waals surface area contributed by atoms with Crippen LogP contribution in [0, 0.1) is 11.8 Å². The van der Waals surface area contributed by atoms with Gasteiger partial charge in [0.15, 0.2) is 0 Å². The van der Waals surface area contributed by atoms with Crippen molar-refractivity contribution in [3.8, 4) is 0 Å². The molecule has 1 saturated carbocycles. The quantitative estimate of drug-likeness (QED) is 0.874. The maximum atomic E-state index is 12.2. The van der Waals surface area contributed by atoms with Crippen molar-refractivity contribution in [2.45, 2.75) is 45.2 Å². The van der Waals surface area contributed by atoms with Gasteiger partial charge in [-0.15, -0.1) is 0 Å². The van der Waals surface area contributed by atoms with Crippen LogP contribution < -0.4 is 11.1 Å². The highest BCUT2D eigenvalue weighted by atomic mass is 16.2. The first kappa shape index (κ1) is 14.1. The zero-order chi connectivity index (χ0) is 13.8. The van der Waals surface area contributed by atoms with E-state index in [4.69, 9.17) is 5.73 Å². The second-order valence-corrected chi connectivity index (χ2v) is 5.61. The summed E-state index contributed by atoms with van der Waals surface area (Å²) in [5.74, 6) is 1.23. The largest absolute Gasteiger partial charge is 0.351 e. The predicted molar refractivity (Wildman–Crippen MR) is 77.5 cm³/mol. The molecule has 0 aromatic heterocycles. The topological polar surface area (TPSA) is 55.1 Å². The fourth-order valence-corrected chi connectivity index (χ4v) is 3.11. The Balaban J connectivity index is 1.95. The Morgan fingerprint density at radius 1 is 1.37 bits per heavy atom. The highest BCUT2D eigenvalue weighted by Crippen LogP contribution is 2.34.